The van der Waals surface area contributed by atoms with E-state index >= 15 is 0 Å². The summed E-state index contributed by atoms with van der Waals surface area (Å²) in [7, 11) is 0. The normalized spacial score (nSPS) is 23.2. The van der Waals surface area contributed by atoms with Crippen molar-refractivity contribution >= 4 is 35.2 Å². The van der Waals surface area contributed by atoms with Crippen molar-refractivity contribution in [3.8, 4) is 0 Å². The predicted octanol–water partition coefficient (Wildman–Crippen LogP) is 0.679. The van der Waals surface area contributed by atoms with Gasteiger partial charge in [-0.2, -0.15) is 5.10 Å². The molecular weight excluding hydrogens is 402 g/mol. The van der Waals surface area contributed by atoms with E-state index < -0.39 is 18.1 Å². The van der Waals surface area contributed by atoms with Crippen LogP contribution in [-0.2, 0) is 19.1 Å². The molecule has 31 heavy (non-hydrogen) atoms. The molecule has 2 saturated heterocycles. The molecule has 164 valence electrons. The van der Waals surface area contributed by atoms with Gasteiger partial charge in [0.05, 0.1) is 18.8 Å². The molecule has 0 saturated carbocycles. The molecule has 3 aliphatic rings. The molecule has 0 unspecified atom stereocenters. The largest absolute Gasteiger partial charge is 0.461 e. The minimum Gasteiger partial charge on any atom is -0.461 e. The van der Waals surface area contributed by atoms with E-state index in [9.17, 15) is 19.2 Å². The van der Waals surface area contributed by atoms with Crippen LogP contribution in [0.4, 0.5) is 10.5 Å². The van der Waals surface area contributed by atoms with Gasteiger partial charge in [0, 0.05) is 26.1 Å². The number of urea groups is 1. The topological polar surface area (TPSA) is 103 Å². The van der Waals surface area contributed by atoms with E-state index in [1.165, 1.54) is 9.80 Å². The molecule has 3 heterocycles. The van der Waals surface area contributed by atoms with Gasteiger partial charge in [0.15, 0.2) is 0 Å². The molecular formula is C21H25N5O5. The summed E-state index contributed by atoms with van der Waals surface area (Å²) in [5.41, 5.74) is 0.870. The smallest absolute Gasteiger partial charge is 0.354 e. The van der Waals surface area contributed by atoms with Crippen LogP contribution in [0.2, 0.25) is 0 Å². The van der Waals surface area contributed by atoms with Crippen LogP contribution in [0.15, 0.2) is 35.4 Å². The number of hydrogen-bond donors (Lipinski definition) is 0. The first-order chi connectivity index (χ1) is 15.0. The average molecular weight is 427 g/mol. The highest BCUT2D eigenvalue weighted by Crippen LogP contribution is 2.28. The molecule has 1 aromatic carbocycles. The SMILES string of the molecule is CCOC(=O)C1=NN(c2ccccc2)[C@@H](C(=O)N2CCN3C(=O)N(CC)C(=O)[C@@H]3C2)C1. The monoisotopic (exact) mass is 427 g/mol. The summed E-state index contributed by atoms with van der Waals surface area (Å²) in [5, 5.41) is 5.92. The second-order valence-corrected chi connectivity index (χ2v) is 7.53. The predicted molar refractivity (Wildman–Crippen MR) is 111 cm³/mol. The molecule has 0 N–H and O–H groups in total. The number of likely N-dealkylation sites (N-methyl/N-ethyl adjacent to an activating group) is 1. The fourth-order valence-corrected chi connectivity index (χ4v) is 4.21. The third-order valence-corrected chi connectivity index (χ3v) is 5.76. The summed E-state index contributed by atoms with van der Waals surface area (Å²) in [4.78, 5) is 55.1. The number of benzene rings is 1. The Morgan fingerprint density at radius 1 is 1.13 bits per heavy atom. The Labute approximate surface area is 180 Å². The zero-order valence-corrected chi connectivity index (χ0v) is 17.6. The lowest BCUT2D eigenvalue weighted by molar-refractivity contribution is -0.137. The first kappa shape index (κ1) is 20.8. The van der Waals surface area contributed by atoms with E-state index in [-0.39, 0.29) is 43.1 Å². The molecule has 0 aromatic heterocycles. The molecule has 0 bridgehead atoms. The summed E-state index contributed by atoms with van der Waals surface area (Å²) >= 11 is 0. The maximum atomic E-state index is 13.5. The molecule has 10 heteroatoms. The van der Waals surface area contributed by atoms with Crippen LogP contribution in [0.5, 0.6) is 0 Å². The van der Waals surface area contributed by atoms with Crippen molar-refractivity contribution in [3.63, 3.8) is 0 Å². The summed E-state index contributed by atoms with van der Waals surface area (Å²) < 4.78 is 5.07. The number of anilines is 1. The van der Waals surface area contributed by atoms with E-state index in [1.54, 1.807) is 23.8 Å². The molecule has 4 amide bonds. The second kappa shape index (κ2) is 8.37. The van der Waals surface area contributed by atoms with Gasteiger partial charge >= 0.3 is 12.0 Å². The van der Waals surface area contributed by atoms with Crippen LogP contribution in [0, 0.1) is 0 Å². The van der Waals surface area contributed by atoms with Gasteiger partial charge in [-0.25, -0.2) is 9.59 Å². The minimum absolute atomic E-state index is 0.116. The van der Waals surface area contributed by atoms with E-state index in [2.05, 4.69) is 5.10 Å². The molecule has 0 aliphatic carbocycles. The lowest BCUT2D eigenvalue weighted by atomic mass is 10.1. The average Bonchev–Trinajstić information content (AvgIpc) is 3.34. The number of nitrogens with zero attached hydrogens (tertiary/aromatic N) is 5. The van der Waals surface area contributed by atoms with Crippen molar-refractivity contribution in [2.75, 3.05) is 37.8 Å². The number of carbonyl (C=O) groups is 4. The van der Waals surface area contributed by atoms with Gasteiger partial charge in [0.2, 0.25) is 5.91 Å². The van der Waals surface area contributed by atoms with Gasteiger partial charge in [0.25, 0.3) is 5.91 Å². The Balaban J connectivity index is 1.55. The quantitative estimate of drug-likeness (QED) is 0.506. The number of hydrogen-bond acceptors (Lipinski definition) is 7. The Bertz CT molecular complexity index is 933. The molecule has 1 aromatic rings. The number of ether oxygens (including phenoxy) is 1. The van der Waals surface area contributed by atoms with E-state index in [4.69, 9.17) is 4.74 Å². The lowest BCUT2D eigenvalue weighted by Gasteiger charge is -2.37. The maximum Gasteiger partial charge on any atom is 0.354 e. The molecule has 0 spiro atoms. The van der Waals surface area contributed by atoms with Crippen molar-refractivity contribution < 1.29 is 23.9 Å². The number of esters is 1. The van der Waals surface area contributed by atoms with Crippen LogP contribution in [-0.4, -0.2) is 89.1 Å². The van der Waals surface area contributed by atoms with Gasteiger partial charge in [-0.15, -0.1) is 0 Å². The Kier molecular flexibility index (Phi) is 5.62. The zero-order valence-electron chi connectivity index (χ0n) is 17.6. The zero-order chi connectivity index (χ0) is 22.1. The van der Waals surface area contributed by atoms with Crippen LogP contribution in [0.3, 0.4) is 0 Å². The number of piperazine rings is 1. The van der Waals surface area contributed by atoms with Crippen LogP contribution in [0.25, 0.3) is 0 Å². The molecule has 0 radical (unpaired) electrons. The van der Waals surface area contributed by atoms with E-state index in [0.29, 0.717) is 25.3 Å². The highest BCUT2D eigenvalue weighted by atomic mass is 16.5. The number of fused-ring (bicyclic) bond motifs is 1. The molecule has 2 fully saturated rings. The fourth-order valence-electron chi connectivity index (χ4n) is 4.21. The molecule has 3 aliphatic heterocycles. The molecule has 10 nitrogen and oxygen atoms in total. The number of para-hydroxylation sites is 1. The van der Waals surface area contributed by atoms with Crippen LogP contribution in [0.1, 0.15) is 20.3 Å². The van der Waals surface area contributed by atoms with Crippen LogP contribution >= 0.6 is 0 Å². The maximum absolute atomic E-state index is 13.5. The van der Waals surface area contributed by atoms with Crippen molar-refractivity contribution in [1.82, 2.24) is 14.7 Å². The number of amides is 4. The standard InChI is InChI=1S/C21H25N5O5/c1-3-24-19(28)17-13-23(10-11-25(17)21(24)30)18(27)16-12-15(20(29)31-4-2)22-26(16)14-8-6-5-7-9-14/h5-9,16-17H,3-4,10-13H2,1-2H3/t16-,17+/m1/s1. The molecule has 4 rings (SSSR count). The fraction of sp³-hybridized carbons (Fsp3) is 0.476. The third kappa shape index (κ3) is 3.62. The Morgan fingerprint density at radius 3 is 2.55 bits per heavy atom. The third-order valence-electron chi connectivity index (χ3n) is 5.76. The van der Waals surface area contributed by atoms with Crippen molar-refractivity contribution in [2.45, 2.75) is 32.4 Å². The highest BCUT2D eigenvalue weighted by molar-refractivity contribution is 6.38. The second-order valence-electron chi connectivity index (χ2n) is 7.53. The first-order valence-electron chi connectivity index (χ1n) is 10.5. The molecule has 2 atom stereocenters. The van der Waals surface area contributed by atoms with Crippen molar-refractivity contribution in [2.24, 2.45) is 5.10 Å². The van der Waals surface area contributed by atoms with Crippen molar-refractivity contribution in [1.29, 1.82) is 0 Å². The van der Waals surface area contributed by atoms with Crippen molar-refractivity contribution in [3.05, 3.63) is 30.3 Å². The van der Waals surface area contributed by atoms with Crippen LogP contribution < -0.4 is 5.01 Å². The van der Waals surface area contributed by atoms with Gasteiger partial charge in [-0.05, 0) is 26.0 Å². The number of imide groups is 1. The van der Waals surface area contributed by atoms with Gasteiger partial charge in [0.1, 0.15) is 17.8 Å². The summed E-state index contributed by atoms with van der Waals surface area (Å²) in [6.07, 6.45) is 0.116. The van der Waals surface area contributed by atoms with E-state index in [1.807, 2.05) is 30.3 Å². The number of rotatable bonds is 5. The lowest BCUT2D eigenvalue weighted by Crippen LogP contribution is -2.57. The first-order valence-corrected chi connectivity index (χ1v) is 10.5. The highest BCUT2D eigenvalue weighted by Gasteiger charge is 2.49. The number of carbonyl (C=O) groups excluding carboxylic acids is 4. The summed E-state index contributed by atoms with van der Waals surface area (Å²) in [6.45, 7) is 4.73. The Morgan fingerprint density at radius 2 is 1.87 bits per heavy atom. The van der Waals surface area contributed by atoms with E-state index in [0.717, 1.165) is 0 Å². The number of hydrazone groups is 1. The van der Waals surface area contributed by atoms with Gasteiger partial charge < -0.3 is 14.5 Å². The minimum atomic E-state index is -0.720. The van der Waals surface area contributed by atoms with Gasteiger partial charge in [-0.1, -0.05) is 18.2 Å². The Hall–Kier alpha value is -3.43. The summed E-state index contributed by atoms with van der Waals surface area (Å²) in [6, 6.07) is 7.45. The van der Waals surface area contributed by atoms with Gasteiger partial charge in [-0.3, -0.25) is 19.5 Å². The summed E-state index contributed by atoms with van der Waals surface area (Å²) in [5.74, 6) is -1.06.